The van der Waals surface area contributed by atoms with Gasteiger partial charge in [0.2, 0.25) is 0 Å². The Morgan fingerprint density at radius 2 is 1.57 bits per heavy atom. The molecule has 0 aliphatic carbocycles. The molecule has 0 amide bonds. The zero-order valence-corrected chi connectivity index (χ0v) is 6.69. The van der Waals surface area contributed by atoms with Gasteiger partial charge in [0.1, 0.15) is 6.10 Å². The third-order valence-electron chi connectivity index (χ3n) is 1.58. The predicted octanol–water partition coefficient (Wildman–Crippen LogP) is 1.91. The number of terminal acetylenes is 1. The highest BCUT2D eigenvalue weighted by atomic mass is 19.2. The van der Waals surface area contributed by atoms with Crippen molar-refractivity contribution in [3.8, 4) is 12.3 Å². The van der Waals surface area contributed by atoms with Crippen LogP contribution in [0.5, 0.6) is 0 Å². The molecule has 0 fully saturated rings. The number of rotatable bonds is 1. The summed E-state index contributed by atoms with van der Waals surface area (Å²) in [4.78, 5) is 0. The Morgan fingerprint density at radius 1 is 1.14 bits per heavy atom. The summed E-state index contributed by atoms with van der Waals surface area (Å²) in [6, 6.07) is 0.0391. The van der Waals surface area contributed by atoms with Gasteiger partial charge in [-0.1, -0.05) is 5.92 Å². The van der Waals surface area contributed by atoms with Crippen LogP contribution in [-0.2, 0) is 0 Å². The molecule has 1 unspecified atom stereocenters. The highest BCUT2D eigenvalue weighted by molar-refractivity contribution is 5.28. The molecule has 1 aromatic carbocycles. The highest BCUT2D eigenvalue weighted by Crippen LogP contribution is 2.24. The van der Waals surface area contributed by atoms with E-state index in [1.807, 2.05) is 0 Å². The molecule has 0 saturated heterocycles. The molecule has 0 bridgehead atoms. The van der Waals surface area contributed by atoms with E-state index < -0.39 is 34.9 Å². The zero-order chi connectivity index (χ0) is 10.9. The van der Waals surface area contributed by atoms with Crippen molar-refractivity contribution >= 4 is 0 Å². The van der Waals surface area contributed by atoms with Crippen LogP contribution in [0.4, 0.5) is 17.6 Å². The first kappa shape index (κ1) is 10.5. The lowest BCUT2D eigenvalue weighted by molar-refractivity contribution is 0.222. The third-order valence-corrected chi connectivity index (χ3v) is 1.58. The monoisotopic (exact) mass is 204 g/mol. The van der Waals surface area contributed by atoms with Gasteiger partial charge < -0.3 is 5.11 Å². The first-order valence-electron chi connectivity index (χ1n) is 3.46. The van der Waals surface area contributed by atoms with Crippen LogP contribution in [0.2, 0.25) is 0 Å². The molecule has 1 aromatic rings. The molecule has 0 saturated carbocycles. The molecule has 5 heteroatoms. The number of aliphatic hydroxyl groups excluding tert-OH is 1. The summed E-state index contributed by atoms with van der Waals surface area (Å²) in [6.45, 7) is 0. The fourth-order valence-corrected chi connectivity index (χ4v) is 0.915. The van der Waals surface area contributed by atoms with E-state index in [1.54, 1.807) is 5.92 Å². The van der Waals surface area contributed by atoms with E-state index in [-0.39, 0.29) is 6.07 Å². The Kier molecular flexibility index (Phi) is 2.77. The third kappa shape index (κ3) is 1.56. The number of aliphatic hydroxyl groups is 1. The van der Waals surface area contributed by atoms with Gasteiger partial charge in [0.15, 0.2) is 23.3 Å². The number of halogens is 4. The largest absolute Gasteiger partial charge is 0.376 e. The summed E-state index contributed by atoms with van der Waals surface area (Å²) < 4.78 is 50.8. The SMILES string of the molecule is C#CC(O)c1c(F)c(F)cc(F)c1F. The van der Waals surface area contributed by atoms with Crippen LogP contribution in [0.15, 0.2) is 6.07 Å². The lowest BCUT2D eigenvalue weighted by atomic mass is 10.1. The summed E-state index contributed by atoms with van der Waals surface area (Å²) in [7, 11) is 0. The second-order valence-corrected chi connectivity index (χ2v) is 2.45. The van der Waals surface area contributed by atoms with Crippen molar-refractivity contribution in [3.63, 3.8) is 0 Å². The topological polar surface area (TPSA) is 20.2 Å². The molecule has 1 atom stereocenters. The maximum Gasteiger partial charge on any atom is 0.168 e. The van der Waals surface area contributed by atoms with E-state index in [9.17, 15) is 17.6 Å². The van der Waals surface area contributed by atoms with E-state index >= 15 is 0 Å². The van der Waals surface area contributed by atoms with Gasteiger partial charge in [-0.15, -0.1) is 6.42 Å². The lowest BCUT2D eigenvalue weighted by Crippen LogP contribution is -2.06. The molecule has 1 rings (SSSR count). The first-order valence-corrected chi connectivity index (χ1v) is 3.46. The molecular weight excluding hydrogens is 200 g/mol. The van der Waals surface area contributed by atoms with Gasteiger partial charge in [-0.05, 0) is 0 Å². The predicted molar refractivity (Wildman–Crippen MR) is 40.1 cm³/mol. The van der Waals surface area contributed by atoms with E-state index in [1.165, 1.54) is 0 Å². The maximum atomic E-state index is 12.8. The minimum absolute atomic E-state index is 0.0391. The zero-order valence-electron chi connectivity index (χ0n) is 6.69. The molecule has 0 spiro atoms. The molecule has 0 aromatic heterocycles. The van der Waals surface area contributed by atoms with E-state index in [0.29, 0.717) is 0 Å². The Bertz CT molecular complexity index is 382. The minimum atomic E-state index is -2.01. The Morgan fingerprint density at radius 3 is 1.93 bits per heavy atom. The number of hydrogen-bond donors (Lipinski definition) is 1. The average molecular weight is 204 g/mol. The van der Waals surface area contributed by atoms with Crippen molar-refractivity contribution < 1.29 is 22.7 Å². The number of hydrogen-bond acceptors (Lipinski definition) is 1. The second-order valence-electron chi connectivity index (χ2n) is 2.45. The lowest BCUT2D eigenvalue weighted by Gasteiger charge is -2.07. The van der Waals surface area contributed by atoms with Crippen LogP contribution in [0.1, 0.15) is 11.7 Å². The van der Waals surface area contributed by atoms with Gasteiger partial charge >= 0.3 is 0 Å². The van der Waals surface area contributed by atoms with Crippen molar-refractivity contribution in [2.24, 2.45) is 0 Å². The molecule has 0 radical (unpaired) electrons. The Labute approximate surface area is 77.0 Å². The van der Waals surface area contributed by atoms with Crippen LogP contribution in [0.3, 0.4) is 0 Å². The second kappa shape index (κ2) is 3.68. The molecule has 0 aliphatic rings. The fourth-order valence-electron chi connectivity index (χ4n) is 0.915. The van der Waals surface area contributed by atoms with Crippen molar-refractivity contribution in [2.75, 3.05) is 0 Å². The summed E-state index contributed by atoms with van der Waals surface area (Å²) in [5, 5.41) is 8.89. The van der Waals surface area contributed by atoms with Crippen LogP contribution in [0, 0.1) is 35.6 Å². The molecule has 0 aliphatic heterocycles. The van der Waals surface area contributed by atoms with E-state index in [2.05, 4.69) is 6.42 Å². The molecular formula is C9H4F4O. The summed E-state index contributed by atoms with van der Waals surface area (Å²) in [5.41, 5.74) is -1.19. The van der Waals surface area contributed by atoms with Crippen LogP contribution in [-0.4, -0.2) is 5.11 Å². The van der Waals surface area contributed by atoms with E-state index in [0.717, 1.165) is 0 Å². The van der Waals surface area contributed by atoms with Crippen molar-refractivity contribution in [1.82, 2.24) is 0 Å². The van der Waals surface area contributed by atoms with Crippen LogP contribution >= 0.6 is 0 Å². The molecule has 1 N–H and O–H groups in total. The quantitative estimate of drug-likeness (QED) is 0.421. The van der Waals surface area contributed by atoms with Gasteiger partial charge in [-0.25, -0.2) is 17.6 Å². The molecule has 1 nitrogen and oxygen atoms in total. The van der Waals surface area contributed by atoms with Gasteiger partial charge in [0.25, 0.3) is 0 Å². The summed E-state index contributed by atoms with van der Waals surface area (Å²) in [5.74, 6) is -5.02. The standard InChI is InChI=1S/C9H4F4O/c1-2-6(14)7-8(12)4(10)3-5(11)9(7)13/h1,3,6,14H. The summed E-state index contributed by atoms with van der Waals surface area (Å²) >= 11 is 0. The van der Waals surface area contributed by atoms with Gasteiger partial charge in [-0.3, -0.25) is 0 Å². The average Bonchev–Trinajstić information content (AvgIpc) is 2.15. The maximum absolute atomic E-state index is 12.8. The van der Waals surface area contributed by atoms with Gasteiger partial charge in [0, 0.05) is 6.07 Å². The molecule has 74 valence electrons. The first-order chi connectivity index (χ1) is 6.49. The fraction of sp³-hybridized carbons (Fsp3) is 0.111. The van der Waals surface area contributed by atoms with Gasteiger partial charge in [-0.2, -0.15) is 0 Å². The van der Waals surface area contributed by atoms with Crippen LogP contribution < -0.4 is 0 Å². The minimum Gasteiger partial charge on any atom is -0.376 e. The number of benzene rings is 1. The van der Waals surface area contributed by atoms with Crippen molar-refractivity contribution in [3.05, 3.63) is 34.9 Å². The van der Waals surface area contributed by atoms with Crippen LogP contribution in [0.25, 0.3) is 0 Å². The molecule has 0 heterocycles. The normalized spacial score (nSPS) is 12.3. The smallest absolute Gasteiger partial charge is 0.168 e. The van der Waals surface area contributed by atoms with Gasteiger partial charge in [0.05, 0.1) is 5.56 Å². The van der Waals surface area contributed by atoms with Crippen molar-refractivity contribution in [1.29, 1.82) is 0 Å². The highest BCUT2D eigenvalue weighted by Gasteiger charge is 2.23. The summed E-state index contributed by atoms with van der Waals surface area (Å²) in [6.07, 6.45) is 2.65. The Balaban J connectivity index is 3.49. The Hall–Kier alpha value is -1.54. The van der Waals surface area contributed by atoms with Crippen molar-refractivity contribution in [2.45, 2.75) is 6.10 Å². The molecule has 14 heavy (non-hydrogen) atoms. The van der Waals surface area contributed by atoms with E-state index in [4.69, 9.17) is 5.11 Å².